The van der Waals surface area contributed by atoms with Crippen LogP contribution in [-0.4, -0.2) is 21.8 Å². The first kappa shape index (κ1) is 10.5. The molecule has 0 aromatic carbocycles. The van der Waals surface area contributed by atoms with E-state index in [-0.39, 0.29) is 10.4 Å². The van der Waals surface area contributed by atoms with Gasteiger partial charge in [-0.2, -0.15) is 0 Å². The van der Waals surface area contributed by atoms with Crippen LogP contribution in [0.5, 0.6) is 0 Å². The molecule has 0 aliphatic carbocycles. The zero-order valence-corrected chi connectivity index (χ0v) is 8.73. The number of carbonyl (C=O) groups is 1. The van der Waals surface area contributed by atoms with Gasteiger partial charge in [-0.3, -0.25) is 4.79 Å². The number of rotatable bonds is 3. The number of hydrogen-bond donors (Lipinski definition) is 1. The molecule has 0 aliphatic heterocycles. The van der Waals surface area contributed by atoms with E-state index in [4.69, 9.17) is 5.11 Å². The van der Waals surface area contributed by atoms with Crippen LogP contribution in [0.3, 0.4) is 0 Å². The third-order valence-corrected chi connectivity index (χ3v) is 2.59. The highest BCUT2D eigenvalue weighted by Crippen LogP contribution is 2.19. The topological polar surface area (TPSA) is 50.2 Å². The molecule has 0 spiro atoms. The minimum Gasteiger partial charge on any atom is -0.481 e. The molecule has 0 atom stereocenters. The second kappa shape index (κ2) is 4.57. The summed E-state index contributed by atoms with van der Waals surface area (Å²) in [6.07, 6.45) is 0. The average molecular weight is 266 g/mol. The highest BCUT2D eigenvalue weighted by atomic mass is 79.9. The second-order valence-electron chi connectivity index (χ2n) is 2.10. The smallest absolute Gasteiger partial charge is 0.313 e. The van der Waals surface area contributed by atoms with E-state index in [1.54, 1.807) is 0 Å². The van der Waals surface area contributed by atoms with Gasteiger partial charge in [0.25, 0.3) is 0 Å². The Morgan fingerprint density at radius 3 is 2.92 bits per heavy atom. The van der Waals surface area contributed by atoms with E-state index in [1.807, 2.05) is 0 Å². The van der Waals surface area contributed by atoms with Crippen LogP contribution in [-0.2, 0) is 4.79 Å². The molecule has 0 saturated carbocycles. The molecule has 1 aromatic rings. The summed E-state index contributed by atoms with van der Waals surface area (Å²) >= 11 is 3.95. The lowest BCUT2D eigenvalue weighted by Crippen LogP contribution is -1.98. The molecule has 0 radical (unpaired) electrons. The standard InChI is InChI=1S/C7H5BrFNO2S/c8-7-4(9)1-2-5(10-7)13-3-6(11)12/h1-2H,3H2,(H,11,12). The Balaban J connectivity index is 2.68. The number of thioether (sulfide) groups is 1. The monoisotopic (exact) mass is 265 g/mol. The van der Waals surface area contributed by atoms with Crippen molar-refractivity contribution >= 4 is 33.7 Å². The molecule has 1 heterocycles. The predicted molar refractivity (Wildman–Crippen MR) is 50.3 cm³/mol. The van der Waals surface area contributed by atoms with Gasteiger partial charge in [-0.25, -0.2) is 9.37 Å². The first-order chi connectivity index (χ1) is 6.09. The van der Waals surface area contributed by atoms with Crippen molar-refractivity contribution in [2.75, 3.05) is 5.75 Å². The van der Waals surface area contributed by atoms with Gasteiger partial charge in [0.2, 0.25) is 0 Å². The molecule has 0 unspecified atom stereocenters. The molecule has 0 saturated heterocycles. The Morgan fingerprint density at radius 2 is 2.38 bits per heavy atom. The first-order valence-electron chi connectivity index (χ1n) is 3.26. The fourth-order valence-corrected chi connectivity index (χ4v) is 1.65. The first-order valence-corrected chi connectivity index (χ1v) is 5.04. The van der Waals surface area contributed by atoms with Crippen LogP contribution in [0.15, 0.2) is 21.8 Å². The summed E-state index contributed by atoms with van der Waals surface area (Å²) in [5.41, 5.74) is 0. The summed E-state index contributed by atoms with van der Waals surface area (Å²) in [6, 6.07) is 2.68. The molecule has 13 heavy (non-hydrogen) atoms. The molecule has 0 aliphatic rings. The van der Waals surface area contributed by atoms with Crippen LogP contribution in [0.25, 0.3) is 0 Å². The van der Waals surface area contributed by atoms with Gasteiger partial charge in [0.05, 0.1) is 10.8 Å². The minimum absolute atomic E-state index is 0.0783. The summed E-state index contributed by atoms with van der Waals surface area (Å²) in [5.74, 6) is -1.46. The largest absolute Gasteiger partial charge is 0.481 e. The van der Waals surface area contributed by atoms with Crippen molar-refractivity contribution < 1.29 is 14.3 Å². The summed E-state index contributed by atoms with van der Waals surface area (Å²) in [4.78, 5) is 14.0. The Labute approximate surface area is 86.5 Å². The van der Waals surface area contributed by atoms with Gasteiger partial charge in [0.1, 0.15) is 4.60 Å². The fourth-order valence-electron chi connectivity index (χ4n) is 0.617. The number of carboxylic acid groups (broad SMARTS) is 1. The number of carboxylic acids is 1. The van der Waals surface area contributed by atoms with Crippen molar-refractivity contribution in [1.82, 2.24) is 4.98 Å². The Kier molecular flexibility index (Phi) is 3.68. The molecule has 3 nitrogen and oxygen atoms in total. The molecular weight excluding hydrogens is 261 g/mol. The van der Waals surface area contributed by atoms with E-state index in [1.165, 1.54) is 12.1 Å². The second-order valence-corrected chi connectivity index (χ2v) is 3.85. The number of nitrogens with zero attached hydrogens (tertiary/aromatic N) is 1. The van der Waals surface area contributed by atoms with Crippen molar-refractivity contribution in [2.45, 2.75) is 5.03 Å². The molecule has 70 valence electrons. The van der Waals surface area contributed by atoms with Crippen molar-refractivity contribution in [1.29, 1.82) is 0 Å². The molecule has 1 rings (SSSR count). The third kappa shape index (κ3) is 3.31. The number of pyridine rings is 1. The molecular formula is C7H5BrFNO2S. The zero-order valence-electron chi connectivity index (χ0n) is 6.33. The van der Waals surface area contributed by atoms with Crippen LogP contribution >= 0.6 is 27.7 Å². The number of halogens is 2. The van der Waals surface area contributed by atoms with E-state index in [0.717, 1.165) is 11.8 Å². The van der Waals surface area contributed by atoms with Gasteiger partial charge in [-0.05, 0) is 28.1 Å². The highest BCUT2D eigenvalue weighted by Gasteiger charge is 2.04. The van der Waals surface area contributed by atoms with Crippen LogP contribution in [0, 0.1) is 5.82 Å². The highest BCUT2D eigenvalue weighted by molar-refractivity contribution is 9.10. The summed E-state index contributed by atoms with van der Waals surface area (Å²) in [7, 11) is 0. The summed E-state index contributed by atoms with van der Waals surface area (Å²) < 4.78 is 12.8. The number of aliphatic carboxylic acids is 1. The van der Waals surface area contributed by atoms with Crippen molar-refractivity contribution in [3.63, 3.8) is 0 Å². The lowest BCUT2D eigenvalue weighted by atomic mass is 10.5. The van der Waals surface area contributed by atoms with Crippen molar-refractivity contribution in [3.8, 4) is 0 Å². The Bertz CT molecular complexity index is 334. The third-order valence-electron chi connectivity index (χ3n) is 1.12. The summed E-state index contributed by atoms with van der Waals surface area (Å²) in [6.45, 7) is 0. The van der Waals surface area contributed by atoms with Gasteiger partial charge in [-0.1, -0.05) is 11.8 Å². The summed E-state index contributed by atoms with van der Waals surface area (Å²) in [5, 5.41) is 8.85. The van der Waals surface area contributed by atoms with E-state index in [2.05, 4.69) is 20.9 Å². The van der Waals surface area contributed by atoms with Crippen molar-refractivity contribution in [3.05, 3.63) is 22.6 Å². The predicted octanol–water partition coefficient (Wildman–Crippen LogP) is 2.16. The maximum absolute atomic E-state index is 12.7. The lowest BCUT2D eigenvalue weighted by molar-refractivity contribution is -0.133. The van der Waals surface area contributed by atoms with E-state index in [0.29, 0.717) is 5.03 Å². The quantitative estimate of drug-likeness (QED) is 0.672. The van der Waals surface area contributed by atoms with Crippen LogP contribution in [0.2, 0.25) is 0 Å². The fraction of sp³-hybridized carbons (Fsp3) is 0.143. The van der Waals surface area contributed by atoms with Crippen molar-refractivity contribution in [2.24, 2.45) is 0 Å². The molecule has 0 amide bonds. The maximum Gasteiger partial charge on any atom is 0.313 e. The van der Waals surface area contributed by atoms with Gasteiger partial charge in [0.15, 0.2) is 5.82 Å². The molecule has 1 N–H and O–H groups in total. The van der Waals surface area contributed by atoms with E-state index in [9.17, 15) is 9.18 Å². The molecule has 0 fully saturated rings. The van der Waals surface area contributed by atoms with E-state index < -0.39 is 11.8 Å². The van der Waals surface area contributed by atoms with Gasteiger partial charge < -0.3 is 5.11 Å². The SMILES string of the molecule is O=C(O)CSc1ccc(F)c(Br)n1. The normalized spacial score (nSPS) is 10.0. The van der Waals surface area contributed by atoms with Crippen LogP contribution in [0.4, 0.5) is 4.39 Å². The molecule has 6 heteroatoms. The average Bonchev–Trinajstić information content (AvgIpc) is 2.07. The number of aromatic nitrogens is 1. The van der Waals surface area contributed by atoms with Gasteiger partial charge in [-0.15, -0.1) is 0 Å². The van der Waals surface area contributed by atoms with Crippen LogP contribution < -0.4 is 0 Å². The Hall–Kier alpha value is -0.620. The maximum atomic E-state index is 12.7. The number of hydrogen-bond acceptors (Lipinski definition) is 3. The van der Waals surface area contributed by atoms with Gasteiger partial charge >= 0.3 is 5.97 Å². The van der Waals surface area contributed by atoms with Gasteiger partial charge in [0, 0.05) is 0 Å². The molecule has 1 aromatic heterocycles. The molecule has 0 bridgehead atoms. The minimum atomic E-state index is -0.924. The zero-order chi connectivity index (χ0) is 9.84. The lowest BCUT2D eigenvalue weighted by Gasteiger charge is -1.98. The van der Waals surface area contributed by atoms with Crippen LogP contribution in [0.1, 0.15) is 0 Å². The van der Waals surface area contributed by atoms with E-state index >= 15 is 0 Å². The Morgan fingerprint density at radius 1 is 1.69 bits per heavy atom.